The Morgan fingerprint density at radius 2 is 1.72 bits per heavy atom. The van der Waals surface area contributed by atoms with E-state index < -0.39 is 11.9 Å². The third kappa shape index (κ3) is 5.31. The zero-order valence-corrected chi connectivity index (χ0v) is 15.0. The number of amides is 2. The number of hydrogen-bond donors (Lipinski definition) is 3. The predicted molar refractivity (Wildman–Crippen MR) is 95.4 cm³/mol. The molecule has 2 unspecified atom stereocenters. The molecular weight excluding hydrogens is 320 g/mol. The Hall–Kier alpha value is -2.37. The number of hydrogen-bond acceptors (Lipinski definition) is 3. The van der Waals surface area contributed by atoms with Gasteiger partial charge in [0.15, 0.2) is 0 Å². The number of rotatable bonds is 4. The summed E-state index contributed by atoms with van der Waals surface area (Å²) in [4.78, 5) is 36.2. The standard InChI is InChI=1S/C19H26N2O4/c1-19(2,3)21-17(23)14-9-4-5-10-15(14)20-16(22)12-7-6-8-13(11-12)18(24)25/h4-5,9-10,12-13H,6-8,11H2,1-3H3,(H,20,22)(H,21,23)(H,24,25). The van der Waals surface area contributed by atoms with Gasteiger partial charge in [-0.3, -0.25) is 14.4 Å². The SMILES string of the molecule is CC(C)(C)NC(=O)c1ccccc1NC(=O)C1CCCC(C(=O)O)C1. The Kier molecular flexibility index (Phi) is 5.82. The number of nitrogens with one attached hydrogen (secondary N) is 2. The highest BCUT2D eigenvalue weighted by atomic mass is 16.4. The van der Waals surface area contributed by atoms with E-state index in [1.54, 1.807) is 24.3 Å². The van der Waals surface area contributed by atoms with E-state index in [-0.39, 0.29) is 23.3 Å². The summed E-state index contributed by atoms with van der Waals surface area (Å²) >= 11 is 0. The molecule has 1 aliphatic rings. The van der Waals surface area contributed by atoms with E-state index in [0.717, 1.165) is 6.42 Å². The highest BCUT2D eigenvalue weighted by Crippen LogP contribution is 2.30. The molecule has 0 bridgehead atoms. The highest BCUT2D eigenvalue weighted by Gasteiger charge is 2.31. The molecule has 0 aromatic heterocycles. The van der Waals surface area contributed by atoms with Gasteiger partial charge in [0.1, 0.15) is 0 Å². The van der Waals surface area contributed by atoms with Crippen molar-refractivity contribution in [2.45, 2.75) is 52.0 Å². The number of carbonyl (C=O) groups excluding carboxylic acids is 2. The van der Waals surface area contributed by atoms with Crippen LogP contribution in [0.5, 0.6) is 0 Å². The molecule has 1 fully saturated rings. The molecule has 0 spiro atoms. The van der Waals surface area contributed by atoms with Crippen LogP contribution >= 0.6 is 0 Å². The van der Waals surface area contributed by atoms with Crippen LogP contribution in [0.3, 0.4) is 0 Å². The van der Waals surface area contributed by atoms with Gasteiger partial charge >= 0.3 is 5.97 Å². The maximum Gasteiger partial charge on any atom is 0.306 e. The number of anilines is 1. The molecule has 0 saturated heterocycles. The largest absolute Gasteiger partial charge is 0.481 e. The zero-order valence-electron chi connectivity index (χ0n) is 15.0. The molecule has 1 aromatic rings. The van der Waals surface area contributed by atoms with Crippen molar-refractivity contribution in [1.82, 2.24) is 5.32 Å². The van der Waals surface area contributed by atoms with Crippen molar-refractivity contribution in [3.05, 3.63) is 29.8 Å². The summed E-state index contributed by atoms with van der Waals surface area (Å²) in [6, 6.07) is 6.85. The third-order valence-electron chi connectivity index (χ3n) is 4.31. The minimum atomic E-state index is -0.845. The molecule has 0 radical (unpaired) electrons. The van der Waals surface area contributed by atoms with Crippen LogP contribution in [0, 0.1) is 11.8 Å². The first kappa shape index (κ1) is 19.0. The molecule has 2 amide bonds. The molecule has 1 aromatic carbocycles. The number of benzene rings is 1. The van der Waals surface area contributed by atoms with Gasteiger partial charge in [0.2, 0.25) is 5.91 Å². The first-order valence-electron chi connectivity index (χ1n) is 8.62. The summed E-state index contributed by atoms with van der Waals surface area (Å²) in [6.45, 7) is 5.67. The lowest BCUT2D eigenvalue weighted by Crippen LogP contribution is -2.41. The van der Waals surface area contributed by atoms with Crippen molar-refractivity contribution in [2.75, 3.05) is 5.32 Å². The molecule has 0 aliphatic heterocycles. The lowest BCUT2D eigenvalue weighted by Gasteiger charge is -2.26. The maximum absolute atomic E-state index is 12.6. The molecule has 136 valence electrons. The van der Waals surface area contributed by atoms with Crippen LogP contribution in [-0.2, 0) is 9.59 Å². The van der Waals surface area contributed by atoms with Crippen LogP contribution in [0.2, 0.25) is 0 Å². The van der Waals surface area contributed by atoms with Gasteiger partial charge in [-0.15, -0.1) is 0 Å². The van der Waals surface area contributed by atoms with Crippen LogP contribution in [0.15, 0.2) is 24.3 Å². The summed E-state index contributed by atoms with van der Waals surface area (Å²) < 4.78 is 0. The molecular formula is C19H26N2O4. The summed E-state index contributed by atoms with van der Waals surface area (Å²) in [5, 5.41) is 14.9. The van der Waals surface area contributed by atoms with Crippen molar-refractivity contribution < 1.29 is 19.5 Å². The lowest BCUT2D eigenvalue weighted by molar-refractivity contribution is -0.143. The van der Waals surface area contributed by atoms with Gasteiger partial charge in [0, 0.05) is 11.5 Å². The van der Waals surface area contributed by atoms with Crippen molar-refractivity contribution in [1.29, 1.82) is 0 Å². The first-order valence-corrected chi connectivity index (χ1v) is 8.62. The number of carbonyl (C=O) groups is 3. The van der Waals surface area contributed by atoms with Crippen LogP contribution < -0.4 is 10.6 Å². The Morgan fingerprint density at radius 1 is 1.08 bits per heavy atom. The van der Waals surface area contributed by atoms with Crippen LogP contribution in [-0.4, -0.2) is 28.4 Å². The topological polar surface area (TPSA) is 95.5 Å². The average Bonchev–Trinajstić information content (AvgIpc) is 2.53. The fourth-order valence-electron chi connectivity index (χ4n) is 3.09. The Balaban J connectivity index is 2.11. The second-order valence-corrected chi connectivity index (χ2v) is 7.64. The highest BCUT2D eigenvalue weighted by molar-refractivity contribution is 6.04. The molecule has 3 N–H and O–H groups in total. The summed E-state index contributed by atoms with van der Waals surface area (Å²) in [6.07, 6.45) is 2.36. The smallest absolute Gasteiger partial charge is 0.306 e. The molecule has 2 rings (SSSR count). The number of aliphatic carboxylic acids is 1. The molecule has 1 saturated carbocycles. The minimum absolute atomic E-state index is 0.220. The van der Waals surface area contributed by atoms with Gasteiger partial charge in [-0.1, -0.05) is 18.6 Å². The summed E-state index contributed by atoms with van der Waals surface area (Å²) in [5.41, 5.74) is 0.467. The maximum atomic E-state index is 12.6. The molecule has 25 heavy (non-hydrogen) atoms. The van der Waals surface area contributed by atoms with Gasteiger partial charge < -0.3 is 15.7 Å². The predicted octanol–water partition coefficient (Wildman–Crippen LogP) is 3.04. The van der Waals surface area contributed by atoms with Crippen molar-refractivity contribution in [3.63, 3.8) is 0 Å². The van der Waals surface area contributed by atoms with E-state index in [2.05, 4.69) is 10.6 Å². The Morgan fingerprint density at radius 3 is 2.36 bits per heavy atom. The second-order valence-electron chi connectivity index (χ2n) is 7.64. The lowest BCUT2D eigenvalue weighted by atomic mass is 9.81. The monoisotopic (exact) mass is 346 g/mol. The quantitative estimate of drug-likeness (QED) is 0.781. The molecule has 0 heterocycles. The fourth-order valence-corrected chi connectivity index (χ4v) is 3.09. The number of carboxylic acids is 1. The molecule has 1 aliphatic carbocycles. The van der Waals surface area contributed by atoms with Gasteiger partial charge in [-0.2, -0.15) is 0 Å². The van der Waals surface area contributed by atoms with E-state index in [9.17, 15) is 14.4 Å². The Bertz CT molecular complexity index is 664. The van der Waals surface area contributed by atoms with Crippen LogP contribution in [0.25, 0.3) is 0 Å². The van der Waals surface area contributed by atoms with E-state index >= 15 is 0 Å². The van der Waals surface area contributed by atoms with Crippen LogP contribution in [0.4, 0.5) is 5.69 Å². The number of carboxylic acid groups (broad SMARTS) is 1. The number of para-hydroxylation sites is 1. The van der Waals surface area contributed by atoms with Gasteiger partial charge in [0.05, 0.1) is 17.2 Å². The second kappa shape index (κ2) is 7.68. The van der Waals surface area contributed by atoms with Gasteiger partial charge in [-0.05, 0) is 52.2 Å². The van der Waals surface area contributed by atoms with Crippen LogP contribution in [0.1, 0.15) is 56.8 Å². The zero-order chi connectivity index (χ0) is 18.6. The van der Waals surface area contributed by atoms with Crippen molar-refractivity contribution in [2.24, 2.45) is 11.8 Å². The van der Waals surface area contributed by atoms with E-state index in [1.807, 2.05) is 20.8 Å². The first-order chi connectivity index (χ1) is 11.7. The van der Waals surface area contributed by atoms with E-state index in [4.69, 9.17) is 5.11 Å². The van der Waals surface area contributed by atoms with Gasteiger partial charge in [0.25, 0.3) is 5.91 Å². The van der Waals surface area contributed by atoms with E-state index in [1.165, 1.54) is 0 Å². The minimum Gasteiger partial charge on any atom is -0.481 e. The summed E-state index contributed by atoms with van der Waals surface area (Å²) in [7, 11) is 0. The molecule has 6 heteroatoms. The molecule has 2 atom stereocenters. The normalized spacial score (nSPS) is 20.6. The fraction of sp³-hybridized carbons (Fsp3) is 0.526. The van der Waals surface area contributed by atoms with Crippen molar-refractivity contribution >= 4 is 23.5 Å². The Labute approximate surface area is 148 Å². The third-order valence-corrected chi connectivity index (χ3v) is 4.31. The average molecular weight is 346 g/mol. The van der Waals surface area contributed by atoms with Crippen molar-refractivity contribution in [3.8, 4) is 0 Å². The van der Waals surface area contributed by atoms with Gasteiger partial charge in [-0.25, -0.2) is 0 Å². The summed E-state index contributed by atoms with van der Waals surface area (Å²) in [5.74, 6) is -2.13. The van der Waals surface area contributed by atoms with E-state index in [0.29, 0.717) is 30.5 Å². The molecule has 6 nitrogen and oxygen atoms in total.